The highest BCUT2D eigenvalue weighted by Gasteiger charge is 2.49. The number of nitrogens with zero attached hydrogens (tertiary/aromatic N) is 1. The molecule has 5 heteroatoms. The maximum Gasteiger partial charge on any atom is 0.309 e. The van der Waals surface area contributed by atoms with E-state index in [1.165, 1.54) is 0 Å². The third-order valence-corrected chi connectivity index (χ3v) is 4.15. The average molecular weight is 289 g/mol. The lowest BCUT2D eigenvalue weighted by Gasteiger charge is -2.27. The van der Waals surface area contributed by atoms with Crippen molar-refractivity contribution in [2.45, 2.75) is 38.3 Å². The van der Waals surface area contributed by atoms with E-state index in [4.69, 9.17) is 4.74 Å². The Morgan fingerprint density at radius 2 is 2.00 bits per heavy atom. The Morgan fingerprint density at radius 3 is 2.52 bits per heavy atom. The number of ether oxygens (including phenoxy) is 1. The molecule has 1 amide bonds. The van der Waals surface area contributed by atoms with E-state index in [2.05, 4.69) is 0 Å². The molecule has 0 spiro atoms. The topological polar surface area (TPSA) is 66.8 Å². The Labute approximate surface area is 123 Å². The Kier molecular flexibility index (Phi) is 3.57. The summed E-state index contributed by atoms with van der Waals surface area (Å²) in [5.74, 6) is -0.833. The number of carboxylic acid groups (broad SMARTS) is 1. The lowest BCUT2D eigenvalue weighted by Crippen LogP contribution is -2.32. The number of amides is 1. The summed E-state index contributed by atoms with van der Waals surface area (Å²) in [4.78, 5) is 25.4. The molecule has 1 aromatic carbocycles. The Hall–Kier alpha value is -2.04. The smallest absolute Gasteiger partial charge is 0.309 e. The fraction of sp³-hybridized carbons (Fsp3) is 0.500. The zero-order chi connectivity index (χ0) is 15.0. The van der Waals surface area contributed by atoms with Crippen LogP contribution in [-0.4, -0.2) is 34.5 Å². The van der Waals surface area contributed by atoms with Crippen molar-refractivity contribution in [3.8, 4) is 5.75 Å². The summed E-state index contributed by atoms with van der Waals surface area (Å²) in [5, 5.41) is 9.42. The number of carbonyl (C=O) groups excluding carboxylic acids is 1. The third kappa shape index (κ3) is 2.60. The van der Waals surface area contributed by atoms with Gasteiger partial charge in [0.25, 0.3) is 0 Å². The molecule has 5 nitrogen and oxygen atoms in total. The van der Waals surface area contributed by atoms with Crippen LogP contribution in [-0.2, 0) is 9.59 Å². The van der Waals surface area contributed by atoms with E-state index in [0.29, 0.717) is 6.61 Å². The van der Waals surface area contributed by atoms with Crippen LogP contribution in [0.1, 0.15) is 37.8 Å². The van der Waals surface area contributed by atoms with Crippen molar-refractivity contribution in [2.24, 2.45) is 5.92 Å². The zero-order valence-corrected chi connectivity index (χ0v) is 12.0. The molecule has 3 rings (SSSR count). The van der Waals surface area contributed by atoms with Gasteiger partial charge in [-0.1, -0.05) is 12.1 Å². The number of carbonyl (C=O) groups is 2. The second-order valence-electron chi connectivity index (χ2n) is 5.63. The van der Waals surface area contributed by atoms with Crippen LogP contribution < -0.4 is 4.74 Å². The number of hydrogen-bond acceptors (Lipinski definition) is 3. The molecular weight excluding hydrogens is 270 g/mol. The van der Waals surface area contributed by atoms with E-state index in [9.17, 15) is 14.7 Å². The molecule has 1 aliphatic carbocycles. The van der Waals surface area contributed by atoms with E-state index in [1.807, 2.05) is 31.2 Å². The van der Waals surface area contributed by atoms with Crippen molar-refractivity contribution >= 4 is 11.9 Å². The van der Waals surface area contributed by atoms with Crippen molar-refractivity contribution < 1.29 is 19.4 Å². The zero-order valence-electron chi connectivity index (χ0n) is 12.0. The van der Waals surface area contributed by atoms with Crippen LogP contribution in [0.3, 0.4) is 0 Å². The molecule has 1 aliphatic heterocycles. The number of likely N-dealkylation sites (tertiary alicyclic amines) is 1. The molecule has 0 radical (unpaired) electrons. The molecule has 2 fully saturated rings. The van der Waals surface area contributed by atoms with Crippen LogP contribution in [0.25, 0.3) is 0 Å². The van der Waals surface area contributed by atoms with Crippen LogP contribution in [0.15, 0.2) is 24.3 Å². The first-order valence-electron chi connectivity index (χ1n) is 7.38. The number of benzene rings is 1. The second-order valence-corrected chi connectivity index (χ2v) is 5.63. The molecule has 1 aromatic rings. The second kappa shape index (κ2) is 5.39. The summed E-state index contributed by atoms with van der Waals surface area (Å²) >= 11 is 0. The van der Waals surface area contributed by atoms with Crippen LogP contribution in [0.5, 0.6) is 5.75 Å². The fourth-order valence-corrected chi connectivity index (χ4v) is 3.08. The Balaban J connectivity index is 1.91. The molecular formula is C16H19NO4. The highest BCUT2D eigenvalue weighted by Crippen LogP contribution is 2.45. The van der Waals surface area contributed by atoms with Gasteiger partial charge < -0.3 is 14.7 Å². The van der Waals surface area contributed by atoms with Gasteiger partial charge in [-0.15, -0.1) is 0 Å². The first-order chi connectivity index (χ1) is 10.1. The van der Waals surface area contributed by atoms with Gasteiger partial charge in [-0.3, -0.25) is 9.59 Å². The Bertz CT molecular complexity index is 550. The third-order valence-electron chi connectivity index (χ3n) is 4.15. The van der Waals surface area contributed by atoms with Crippen molar-refractivity contribution in [1.29, 1.82) is 0 Å². The van der Waals surface area contributed by atoms with E-state index in [0.717, 1.165) is 24.2 Å². The average Bonchev–Trinajstić information content (AvgIpc) is 3.23. The highest BCUT2D eigenvalue weighted by molar-refractivity contribution is 5.87. The summed E-state index contributed by atoms with van der Waals surface area (Å²) in [6, 6.07) is 7.30. The summed E-state index contributed by atoms with van der Waals surface area (Å²) < 4.78 is 5.41. The minimum absolute atomic E-state index is 0.0382. The van der Waals surface area contributed by atoms with Crippen molar-refractivity contribution in [2.75, 3.05) is 6.61 Å². The molecule has 0 aromatic heterocycles. The first kappa shape index (κ1) is 13.9. The van der Waals surface area contributed by atoms with E-state index in [1.54, 1.807) is 4.90 Å². The molecule has 1 saturated carbocycles. The molecule has 2 aliphatic rings. The van der Waals surface area contributed by atoms with Gasteiger partial charge in [0.05, 0.1) is 18.6 Å². The van der Waals surface area contributed by atoms with Crippen LogP contribution in [0.2, 0.25) is 0 Å². The monoisotopic (exact) mass is 289 g/mol. The fourth-order valence-electron chi connectivity index (χ4n) is 3.08. The standard InChI is InChI=1S/C16H19NO4/c1-2-21-12-7-3-10(4-8-12)15-13(16(19)20)9-14(18)17(15)11-5-6-11/h3-4,7-8,11,13,15H,2,5-6,9H2,1H3,(H,19,20). The van der Waals surface area contributed by atoms with Crippen molar-refractivity contribution in [3.63, 3.8) is 0 Å². The molecule has 0 bridgehead atoms. The molecule has 21 heavy (non-hydrogen) atoms. The van der Waals surface area contributed by atoms with E-state index in [-0.39, 0.29) is 24.4 Å². The van der Waals surface area contributed by atoms with Gasteiger partial charge in [-0.2, -0.15) is 0 Å². The van der Waals surface area contributed by atoms with Crippen LogP contribution in [0, 0.1) is 5.92 Å². The van der Waals surface area contributed by atoms with E-state index < -0.39 is 11.9 Å². The maximum absolute atomic E-state index is 12.2. The predicted octanol–water partition coefficient (Wildman–Crippen LogP) is 2.22. The lowest BCUT2D eigenvalue weighted by atomic mass is 9.93. The SMILES string of the molecule is CCOc1ccc(C2C(C(=O)O)CC(=O)N2C2CC2)cc1. The molecule has 1 saturated heterocycles. The summed E-state index contributed by atoms with van der Waals surface area (Å²) in [5.41, 5.74) is 0.878. The lowest BCUT2D eigenvalue weighted by molar-refractivity contribution is -0.142. The van der Waals surface area contributed by atoms with Gasteiger partial charge in [-0.05, 0) is 37.5 Å². The van der Waals surface area contributed by atoms with E-state index >= 15 is 0 Å². The van der Waals surface area contributed by atoms with Crippen LogP contribution in [0.4, 0.5) is 0 Å². The van der Waals surface area contributed by atoms with Gasteiger partial charge in [0.15, 0.2) is 0 Å². The quantitative estimate of drug-likeness (QED) is 0.902. The minimum atomic E-state index is -0.898. The molecule has 1 N–H and O–H groups in total. The number of hydrogen-bond donors (Lipinski definition) is 1. The predicted molar refractivity (Wildman–Crippen MR) is 76.0 cm³/mol. The summed E-state index contributed by atoms with van der Waals surface area (Å²) in [6.45, 7) is 2.51. The van der Waals surface area contributed by atoms with Crippen molar-refractivity contribution in [3.05, 3.63) is 29.8 Å². The largest absolute Gasteiger partial charge is 0.494 e. The molecule has 2 unspecified atom stereocenters. The van der Waals surface area contributed by atoms with Gasteiger partial charge in [-0.25, -0.2) is 0 Å². The van der Waals surface area contributed by atoms with Crippen molar-refractivity contribution in [1.82, 2.24) is 4.90 Å². The Morgan fingerprint density at radius 1 is 1.33 bits per heavy atom. The summed E-state index contributed by atoms with van der Waals surface area (Å²) in [7, 11) is 0. The number of rotatable bonds is 5. The summed E-state index contributed by atoms with van der Waals surface area (Å²) in [6.07, 6.45) is 2.06. The van der Waals surface area contributed by atoms with Gasteiger partial charge in [0, 0.05) is 12.5 Å². The van der Waals surface area contributed by atoms with Gasteiger partial charge in [0.2, 0.25) is 5.91 Å². The molecule has 1 heterocycles. The minimum Gasteiger partial charge on any atom is -0.494 e. The van der Waals surface area contributed by atoms with Crippen LogP contribution >= 0.6 is 0 Å². The first-order valence-corrected chi connectivity index (χ1v) is 7.38. The maximum atomic E-state index is 12.2. The molecule has 112 valence electrons. The molecule has 2 atom stereocenters. The number of aliphatic carboxylic acids is 1. The highest BCUT2D eigenvalue weighted by atomic mass is 16.5. The number of carboxylic acids is 1. The van der Waals surface area contributed by atoms with Gasteiger partial charge >= 0.3 is 5.97 Å². The normalized spacial score (nSPS) is 25.2. The van der Waals surface area contributed by atoms with Gasteiger partial charge in [0.1, 0.15) is 5.75 Å².